The molecule has 0 radical (unpaired) electrons. The van der Waals surface area contributed by atoms with E-state index in [1.165, 1.54) is 26.4 Å². The summed E-state index contributed by atoms with van der Waals surface area (Å²) in [5.74, 6) is 0.751. The highest BCUT2D eigenvalue weighted by Crippen LogP contribution is 2.36. The Hall–Kier alpha value is -1.18. The number of ether oxygens (including phenoxy) is 2. The van der Waals surface area contributed by atoms with Crippen molar-refractivity contribution in [3.05, 3.63) is 17.2 Å². The van der Waals surface area contributed by atoms with Crippen LogP contribution in [-0.2, 0) is 10.0 Å². The van der Waals surface area contributed by atoms with Gasteiger partial charge >= 0.3 is 0 Å². The lowest BCUT2D eigenvalue weighted by Crippen LogP contribution is -2.33. The van der Waals surface area contributed by atoms with Crippen molar-refractivity contribution in [1.82, 2.24) is 5.32 Å². The Morgan fingerprint density at radius 1 is 1.25 bits per heavy atom. The lowest BCUT2D eigenvalue weighted by molar-refractivity contribution is 0.396. The molecular weight excluding hydrogens is 304 g/mol. The third-order valence-electron chi connectivity index (χ3n) is 2.75. The smallest absolute Gasteiger partial charge is 0.236 e. The van der Waals surface area contributed by atoms with Crippen molar-refractivity contribution in [1.29, 1.82) is 0 Å². The van der Waals surface area contributed by atoms with Crippen molar-refractivity contribution in [2.75, 3.05) is 32.5 Å². The summed E-state index contributed by atoms with van der Waals surface area (Å²) in [4.78, 5) is 0. The van der Waals surface area contributed by atoms with Gasteiger partial charge in [-0.25, -0.2) is 8.42 Å². The van der Waals surface area contributed by atoms with Crippen LogP contribution in [0.25, 0.3) is 0 Å². The predicted octanol–water partition coefficient (Wildman–Crippen LogP) is 1.71. The second kappa shape index (κ2) is 7.01. The average molecular weight is 323 g/mol. The topological polar surface area (TPSA) is 76.7 Å². The standard InChI is InChI=1S/C12H19ClN2O4S/c1-8(7-14-2)20(16,17)15-10-5-9(13)11(18-3)6-12(10)19-4/h5-6,8,14-15H,7H2,1-4H3. The van der Waals surface area contributed by atoms with Gasteiger partial charge in [-0.3, -0.25) is 4.72 Å². The van der Waals surface area contributed by atoms with E-state index in [4.69, 9.17) is 21.1 Å². The number of hydrogen-bond acceptors (Lipinski definition) is 5. The maximum atomic E-state index is 12.1. The molecule has 0 aromatic heterocycles. The van der Waals surface area contributed by atoms with Crippen molar-refractivity contribution in [2.24, 2.45) is 0 Å². The number of anilines is 1. The Bertz CT molecular complexity index is 563. The van der Waals surface area contributed by atoms with E-state index >= 15 is 0 Å². The SMILES string of the molecule is CNCC(C)S(=O)(=O)Nc1cc(Cl)c(OC)cc1OC. The van der Waals surface area contributed by atoms with Crippen LogP contribution < -0.4 is 19.5 Å². The van der Waals surface area contributed by atoms with Crippen LogP contribution in [0.5, 0.6) is 11.5 Å². The first kappa shape index (κ1) is 16.9. The minimum atomic E-state index is -3.54. The highest BCUT2D eigenvalue weighted by Gasteiger charge is 2.22. The third-order valence-corrected chi connectivity index (χ3v) is 4.77. The van der Waals surface area contributed by atoms with E-state index in [0.29, 0.717) is 23.1 Å². The number of halogens is 1. The Kier molecular flexibility index (Phi) is 5.91. The van der Waals surface area contributed by atoms with Crippen molar-refractivity contribution in [3.8, 4) is 11.5 Å². The molecule has 0 aliphatic rings. The molecule has 0 fully saturated rings. The van der Waals surface area contributed by atoms with Crippen LogP contribution in [0.2, 0.25) is 5.02 Å². The Labute approximate surface area is 124 Å². The molecule has 0 bridgehead atoms. The summed E-state index contributed by atoms with van der Waals surface area (Å²) in [5, 5.41) is 2.52. The van der Waals surface area contributed by atoms with Gasteiger partial charge in [0.1, 0.15) is 11.5 Å². The monoisotopic (exact) mass is 322 g/mol. The van der Waals surface area contributed by atoms with Gasteiger partial charge in [0.15, 0.2) is 0 Å². The number of methoxy groups -OCH3 is 2. The van der Waals surface area contributed by atoms with Crippen LogP contribution in [0.15, 0.2) is 12.1 Å². The molecule has 2 N–H and O–H groups in total. The normalized spacial score (nSPS) is 12.8. The second-order valence-corrected chi connectivity index (χ2v) is 6.71. The lowest BCUT2D eigenvalue weighted by atomic mass is 10.3. The fourth-order valence-electron chi connectivity index (χ4n) is 1.59. The largest absolute Gasteiger partial charge is 0.495 e. The van der Waals surface area contributed by atoms with E-state index in [9.17, 15) is 8.42 Å². The molecule has 0 aliphatic heterocycles. The highest BCUT2D eigenvalue weighted by molar-refractivity contribution is 7.93. The van der Waals surface area contributed by atoms with Crippen LogP contribution in [0.3, 0.4) is 0 Å². The number of hydrogen-bond donors (Lipinski definition) is 2. The minimum Gasteiger partial charge on any atom is -0.495 e. The Morgan fingerprint density at radius 3 is 2.35 bits per heavy atom. The van der Waals surface area contributed by atoms with Crippen LogP contribution in [-0.4, -0.2) is 41.5 Å². The van der Waals surface area contributed by atoms with E-state index in [2.05, 4.69) is 10.0 Å². The van der Waals surface area contributed by atoms with Gasteiger partial charge in [0.05, 0.1) is 30.2 Å². The molecule has 1 rings (SSSR count). The molecule has 6 nitrogen and oxygen atoms in total. The van der Waals surface area contributed by atoms with E-state index < -0.39 is 15.3 Å². The molecule has 0 spiro atoms. The van der Waals surface area contributed by atoms with Crippen molar-refractivity contribution in [2.45, 2.75) is 12.2 Å². The van der Waals surface area contributed by atoms with Gasteiger partial charge in [0.25, 0.3) is 0 Å². The molecule has 1 atom stereocenters. The summed E-state index contributed by atoms with van der Waals surface area (Å²) in [6.45, 7) is 1.94. The highest BCUT2D eigenvalue weighted by atomic mass is 35.5. The molecule has 8 heteroatoms. The average Bonchev–Trinajstić information content (AvgIpc) is 2.39. The molecule has 114 valence electrons. The molecule has 0 aliphatic carbocycles. The fourth-order valence-corrected chi connectivity index (χ4v) is 2.88. The Balaban J connectivity index is 3.11. The first-order valence-electron chi connectivity index (χ1n) is 5.93. The summed E-state index contributed by atoms with van der Waals surface area (Å²) in [6.07, 6.45) is 0. The molecule has 0 amide bonds. The molecule has 20 heavy (non-hydrogen) atoms. The van der Waals surface area contributed by atoms with E-state index in [1.54, 1.807) is 14.0 Å². The van der Waals surface area contributed by atoms with Gasteiger partial charge in [0, 0.05) is 12.6 Å². The summed E-state index contributed by atoms with van der Waals surface area (Å²) in [6, 6.07) is 2.99. The van der Waals surface area contributed by atoms with Gasteiger partial charge in [-0.15, -0.1) is 0 Å². The second-order valence-electron chi connectivity index (χ2n) is 4.20. The van der Waals surface area contributed by atoms with Crippen molar-refractivity contribution < 1.29 is 17.9 Å². The predicted molar refractivity (Wildman–Crippen MR) is 80.5 cm³/mol. The number of rotatable bonds is 7. The van der Waals surface area contributed by atoms with E-state index in [-0.39, 0.29) is 5.69 Å². The maximum absolute atomic E-state index is 12.1. The van der Waals surface area contributed by atoms with Crippen LogP contribution >= 0.6 is 11.6 Å². The first-order valence-corrected chi connectivity index (χ1v) is 7.86. The summed E-state index contributed by atoms with van der Waals surface area (Å²) < 4.78 is 37.0. The van der Waals surface area contributed by atoms with E-state index in [1.807, 2.05) is 0 Å². The number of benzene rings is 1. The van der Waals surface area contributed by atoms with Gasteiger partial charge in [-0.05, 0) is 20.0 Å². The summed E-state index contributed by atoms with van der Waals surface area (Å²) in [5.41, 5.74) is 0.279. The van der Waals surface area contributed by atoms with Gasteiger partial charge in [0.2, 0.25) is 10.0 Å². The zero-order chi connectivity index (χ0) is 15.3. The zero-order valence-corrected chi connectivity index (χ0v) is 13.4. The van der Waals surface area contributed by atoms with Crippen LogP contribution in [0, 0.1) is 0 Å². The van der Waals surface area contributed by atoms with Crippen LogP contribution in [0.1, 0.15) is 6.92 Å². The number of nitrogens with one attached hydrogen (secondary N) is 2. The van der Waals surface area contributed by atoms with E-state index in [0.717, 1.165) is 0 Å². The number of sulfonamides is 1. The van der Waals surface area contributed by atoms with Crippen molar-refractivity contribution >= 4 is 27.3 Å². The zero-order valence-electron chi connectivity index (χ0n) is 11.9. The molecule has 1 aromatic rings. The molecule has 0 heterocycles. The molecular formula is C12H19ClN2O4S. The molecule has 1 unspecified atom stereocenters. The quantitative estimate of drug-likeness (QED) is 0.799. The first-order chi connectivity index (χ1) is 9.35. The van der Waals surface area contributed by atoms with Crippen molar-refractivity contribution in [3.63, 3.8) is 0 Å². The molecule has 0 saturated heterocycles. The van der Waals surface area contributed by atoms with Gasteiger partial charge in [-0.1, -0.05) is 11.6 Å². The fraction of sp³-hybridized carbons (Fsp3) is 0.500. The minimum absolute atomic E-state index is 0.279. The summed E-state index contributed by atoms with van der Waals surface area (Å²) in [7, 11) is 1.07. The maximum Gasteiger partial charge on any atom is 0.236 e. The van der Waals surface area contributed by atoms with Gasteiger partial charge in [-0.2, -0.15) is 0 Å². The third kappa shape index (κ3) is 3.91. The molecule has 1 aromatic carbocycles. The summed E-state index contributed by atoms with van der Waals surface area (Å²) >= 11 is 6.00. The lowest BCUT2D eigenvalue weighted by Gasteiger charge is -2.17. The van der Waals surface area contributed by atoms with Crippen LogP contribution in [0.4, 0.5) is 5.69 Å². The van der Waals surface area contributed by atoms with Gasteiger partial charge < -0.3 is 14.8 Å². The Morgan fingerprint density at radius 2 is 1.85 bits per heavy atom. The molecule has 0 saturated carbocycles.